The van der Waals surface area contributed by atoms with Crippen molar-refractivity contribution >= 4 is 11.5 Å². The first kappa shape index (κ1) is 23.0. The Labute approximate surface area is 187 Å². The quantitative estimate of drug-likeness (QED) is 0.372. The number of hydrogen-bond acceptors (Lipinski definition) is 5. The van der Waals surface area contributed by atoms with Gasteiger partial charge in [0.25, 0.3) is 0 Å². The molecule has 0 aromatic carbocycles. The number of oxime groups is 1. The maximum atomic E-state index is 12.0. The van der Waals surface area contributed by atoms with E-state index < -0.39 is 12.3 Å². The lowest BCUT2D eigenvalue weighted by atomic mass is 9.46. The fourth-order valence-electron chi connectivity index (χ4n) is 7.85. The lowest BCUT2D eigenvalue weighted by molar-refractivity contribution is -0.120. The SMILES string of the molecule is C/C(=N\OC(O)[C@@H](N)C(C)C)[C@H]1CC[C@H]2[C@@H]3CCC4=CC(=O)CC[C@]4(C)[C@H]3CC[C@]12C. The molecule has 0 radical (unpaired) electrons. The van der Waals surface area contributed by atoms with Crippen LogP contribution in [-0.2, 0) is 9.63 Å². The van der Waals surface area contributed by atoms with Crippen LogP contribution in [0.5, 0.6) is 0 Å². The minimum Gasteiger partial charge on any atom is -0.362 e. The number of carbonyl (C=O) groups is 1. The van der Waals surface area contributed by atoms with Gasteiger partial charge in [0, 0.05) is 12.3 Å². The van der Waals surface area contributed by atoms with Gasteiger partial charge in [0.15, 0.2) is 5.78 Å². The molecule has 1 unspecified atom stereocenters. The molecule has 8 atom stereocenters. The zero-order valence-electron chi connectivity index (χ0n) is 20.1. The van der Waals surface area contributed by atoms with Crippen LogP contribution in [0.3, 0.4) is 0 Å². The van der Waals surface area contributed by atoms with E-state index in [1.54, 1.807) is 0 Å². The number of allylic oxidation sites excluding steroid dienone is 1. The van der Waals surface area contributed by atoms with Crippen molar-refractivity contribution in [1.29, 1.82) is 0 Å². The van der Waals surface area contributed by atoms with E-state index in [4.69, 9.17) is 10.6 Å². The molecule has 31 heavy (non-hydrogen) atoms. The Balaban J connectivity index is 1.50. The molecule has 5 nitrogen and oxygen atoms in total. The van der Waals surface area contributed by atoms with E-state index in [2.05, 4.69) is 25.9 Å². The summed E-state index contributed by atoms with van der Waals surface area (Å²) >= 11 is 0. The van der Waals surface area contributed by atoms with Crippen molar-refractivity contribution < 1.29 is 14.7 Å². The van der Waals surface area contributed by atoms with E-state index >= 15 is 0 Å². The topological polar surface area (TPSA) is 84.9 Å². The summed E-state index contributed by atoms with van der Waals surface area (Å²) in [6, 6.07) is -0.438. The van der Waals surface area contributed by atoms with Gasteiger partial charge >= 0.3 is 0 Å². The Morgan fingerprint density at radius 1 is 1.16 bits per heavy atom. The Hall–Kier alpha value is -1.20. The summed E-state index contributed by atoms with van der Waals surface area (Å²) in [6.45, 7) is 10.9. The van der Waals surface area contributed by atoms with Crippen molar-refractivity contribution in [3.05, 3.63) is 11.6 Å². The number of nitrogens with two attached hydrogens (primary N) is 1. The lowest BCUT2D eigenvalue weighted by Crippen LogP contribution is -2.51. The summed E-state index contributed by atoms with van der Waals surface area (Å²) in [5, 5.41) is 14.6. The van der Waals surface area contributed by atoms with Crippen LogP contribution in [-0.4, -0.2) is 28.9 Å². The van der Waals surface area contributed by atoms with Crippen LogP contribution in [0.25, 0.3) is 0 Å². The summed E-state index contributed by atoms with van der Waals surface area (Å²) in [7, 11) is 0. The van der Waals surface area contributed by atoms with Gasteiger partial charge in [0.1, 0.15) is 0 Å². The Morgan fingerprint density at radius 2 is 1.90 bits per heavy atom. The van der Waals surface area contributed by atoms with Gasteiger partial charge in [0.05, 0.1) is 11.8 Å². The summed E-state index contributed by atoms with van der Waals surface area (Å²) in [4.78, 5) is 17.5. The first-order valence-corrected chi connectivity index (χ1v) is 12.5. The van der Waals surface area contributed by atoms with E-state index in [0.717, 1.165) is 37.3 Å². The predicted octanol–water partition coefficient (Wildman–Crippen LogP) is 4.83. The molecule has 0 amide bonds. The molecule has 174 valence electrons. The maximum Gasteiger partial charge on any atom is 0.239 e. The number of aliphatic hydroxyl groups is 1. The highest BCUT2D eigenvalue weighted by atomic mass is 16.7. The summed E-state index contributed by atoms with van der Waals surface area (Å²) < 4.78 is 0. The van der Waals surface area contributed by atoms with Gasteiger partial charge in [-0.25, -0.2) is 0 Å². The van der Waals surface area contributed by atoms with Crippen LogP contribution in [0.1, 0.15) is 86.0 Å². The van der Waals surface area contributed by atoms with Gasteiger partial charge in [-0.3, -0.25) is 4.79 Å². The molecule has 0 heterocycles. The van der Waals surface area contributed by atoms with Gasteiger partial charge < -0.3 is 15.7 Å². The molecule has 3 N–H and O–H groups in total. The number of hydrogen-bond donors (Lipinski definition) is 2. The summed E-state index contributed by atoms with van der Waals surface area (Å²) in [6.07, 6.45) is 9.85. The molecule has 4 rings (SSSR count). The molecule has 0 spiro atoms. The second-order valence-corrected chi connectivity index (χ2v) is 11.7. The highest BCUT2D eigenvalue weighted by Crippen LogP contribution is 2.66. The average Bonchev–Trinajstić information content (AvgIpc) is 3.09. The molecule has 3 saturated carbocycles. The van der Waals surface area contributed by atoms with Gasteiger partial charge in [-0.2, -0.15) is 0 Å². The molecular formula is C26H42N2O3. The first-order chi connectivity index (χ1) is 14.6. The van der Waals surface area contributed by atoms with Gasteiger partial charge in [0.2, 0.25) is 6.29 Å². The third-order valence-electron chi connectivity index (χ3n) is 9.87. The average molecular weight is 431 g/mol. The number of ketones is 1. The van der Waals surface area contributed by atoms with Crippen LogP contribution >= 0.6 is 0 Å². The standard InChI is InChI=1S/C26H42N2O3/c1-15(2)23(27)24(30)31-28-16(3)20-8-9-21-19-7-6-17-14-18(29)10-12-25(17,4)22(19)11-13-26(20,21)5/h14-15,19-24,30H,6-13,27H2,1-5H3/b28-16+/t19-,20+,21-,22-,23-,24?,25-,26+/m0/s1. The van der Waals surface area contributed by atoms with Gasteiger partial charge in [-0.15, -0.1) is 0 Å². The maximum absolute atomic E-state index is 12.0. The predicted molar refractivity (Wildman–Crippen MR) is 123 cm³/mol. The Kier molecular flexibility index (Phi) is 6.15. The van der Waals surface area contributed by atoms with Crippen LogP contribution in [0.15, 0.2) is 16.8 Å². The molecule has 0 saturated heterocycles. The molecule has 0 aromatic rings. The van der Waals surface area contributed by atoms with E-state index in [-0.39, 0.29) is 16.7 Å². The van der Waals surface area contributed by atoms with E-state index in [9.17, 15) is 9.90 Å². The van der Waals surface area contributed by atoms with Crippen molar-refractivity contribution in [2.24, 2.45) is 51.3 Å². The van der Waals surface area contributed by atoms with Crippen molar-refractivity contribution in [2.75, 3.05) is 0 Å². The van der Waals surface area contributed by atoms with Gasteiger partial charge in [-0.1, -0.05) is 38.4 Å². The normalized spacial score (nSPS) is 42.4. The Morgan fingerprint density at radius 3 is 2.61 bits per heavy atom. The van der Waals surface area contributed by atoms with E-state index in [1.807, 2.05) is 19.9 Å². The number of carbonyl (C=O) groups excluding carboxylic acids is 1. The van der Waals surface area contributed by atoms with Crippen LogP contribution in [0.2, 0.25) is 0 Å². The zero-order valence-corrected chi connectivity index (χ0v) is 20.1. The fourth-order valence-corrected chi connectivity index (χ4v) is 7.85. The molecule has 4 aliphatic carbocycles. The van der Waals surface area contributed by atoms with Crippen molar-refractivity contribution in [1.82, 2.24) is 0 Å². The smallest absolute Gasteiger partial charge is 0.239 e. The fraction of sp³-hybridized carbons (Fsp3) is 0.846. The highest BCUT2D eigenvalue weighted by Gasteiger charge is 2.59. The largest absolute Gasteiger partial charge is 0.362 e. The molecule has 0 aliphatic heterocycles. The second-order valence-electron chi connectivity index (χ2n) is 11.7. The van der Waals surface area contributed by atoms with Crippen LogP contribution in [0, 0.1) is 40.4 Å². The highest BCUT2D eigenvalue weighted by molar-refractivity contribution is 5.91. The molecule has 0 bridgehead atoms. The third-order valence-corrected chi connectivity index (χ3v) is 9.87. The van der Waals surface area contributed by atoms with Crippen molar-refractivity contribution in [3.63, 3.8) is 0 Å². The number of nitrogens with zero attached hydrogens (tertiary/aromatic N) is 1. The number of aliphatic hydroxyl groups excluding tert-OH is 1. The van der Waals surface area contributed by atoms with Crippen molar-refractivity contribution in [2.45, 2.75) is 98.3 Å². The summed E-state index contributed by atoms with van der Waals surface area (Å²) in [5.41, 5.74) is 8.91. The lowest BCUT2D eigenvalue weighted by Gasteiger charge is -2.58. The number of fused-ring (bicyclic) bond motifs is 5. The molecular weight excluding hydrogens is 388 g/mol. The Bertz CT molecular complexity index is 775. The minimum atomic E-state index is -1.06. The number of rotatable bonds is 5. The molecule has 4 aliphatic rings. The molecule has 3 fully saturated rings. The molecule has 5 heteroatoms. The first-order valence-electron chi connectivity index (χ1n) is 12.5. The van der Waals surface area contributed by atoms with E-state index in [1.165, 1.54) is 31.3 Å². The summed E-state index contributed by atoms with van der Waals surface area (Å²) in [5.74, 6) is 3.03. The second kappa shape index (κ2) is 8.30. The van der Waals surface area contributed by atoms with Crippen LogP contribution < -0.4 is 5.73 Å². The van der Waals surface area contributed by atoms with Crippen LogP contribution in [0.4, 0.5) is 0 Å². The molecule has 0 aromatic heterocycles. The minimum absolute atomic E-state index is 0.135. The third kappa shape index (κ3) is 3.80. The monoisotopic (exact) mass is 430 g/mol. The van der Waals surface area contributed by atoms with Gasteiger partial charge in [-0.05, 0) is 92.4 Å². The zero-order chi connectivity index (χ0) is 22.6. The van der Waals surface area contributed by atoms with Crippen molar-refractivity contribution in [3.8, 4) is 0 Å². The van der Waals surface area contributed by atoms with E-state index in [0.29, 0.717) is 23.5 Å².